The van der Waals surface area contributed by atoms with Crippen molar-refractivity contribution in [1.29, 1.82) is 0 Å². The first kappa shape index (κ1) is 17.7. The van der Waals surface area contributed by atoms with Crippen LogP contribution >= 0.6 is 17.2 Å². The molecule has 0 fully saturated rings. The molecule has 2 rings (SSSR count). The monoisotopic (exact) mass is 324 g/mol. The van der Waals surface area contributed by atoms with Crippen LogP contribution in [0.4, 0.5) is 0 Å². The summed E-state index contributed by atoms with van der Waals surface area (Å²) in [4.78, 5) is 0. The first-order valence-electron chi connectivity index (χ1n) is 9.31. The van der Waals surface area contributed by atoms with E-state index in [1.807, 2.05) is 10.6 Å². The molecule has 0 amide bonds. The molecule has 0 saturated heterocycles. The fraction of sp³-hybridized carbons (Fsp3) is 0.789. The Morgan fingerprint density at radius 2 is 1.10 bits per heavy atom. The van der Waals surface area contributed by atoms with E-state index in [0.717, 1.165) is 17.2 Å². The Morgan fingerprint density at radius 1 is 0.619 bits per heavy atom. The predicted molar refractivity (Wildman–Crippen MR) is 103 cm³/mol. The summed E-state index contributed by atoms with van der Waals surface area (Å²) in [6.45, 7) is 0. The maximum atomic E-state index is 2.58. The molecule has 2 aliphatic rings. The molecule has 0 aromatic rings. The largest absolute Gasteiger partial charge is 0.0952 e. The van der Waals surface area contributed by atoms with Gasteiger partial charge in [-0.3, -0.25) is 0 Å². The third-order valence-corrected chi connectivity index (χ3v) is 7.66. The second kappa shape index (κ2) is 11.8. The van der Waals surface area contributed by atoms with Crippen LogP contribution in [-0.2, 0) is 0 Å². The molecule has 120 valence electrons. The van der Waals surface area contributed by atoms with Gasteiger partial charge in [-0.25, -0.2) is 0 Å². The molecule has 2 atom stereocenters. The van der Waals surface area contributed by atoms with E-state index in [9.17, 15) is 0 Å². The van der Waals surface area contributed by atoms with Crippen LogP contribution < -0.4 is 0 Å². The van der Waals surface area contributed by atoms with Gasteiger partial charge in [-0.05, 0) is 70.1 Å². The highest BCUT2D eigenvalue weighted by atomic mass is 31.1. The SMILES string of the molecule is C1=C(PCCCPC2=CCCCCCC2)CCCCCC1. The van der Waals surface area contributed by atoms with Crippen molar-refractivity contribution < 1.29 is 0 Å². The highest BCUT2D eigenvalue weighted by Crippen LogP contribution is 2.35. The van der Waals surface area contributed by atoms with E-state index in [1.165, 1.54) is 95.8 Å². The Labute approximate surface area is 136 Å². The standard InChI is InChI=1S/C19H34P2/c1-3-7-12-18(13-8-4-1)20-16-11-17-21-19-14-9-5-2-6-10-15-19/h12,14,20-21H,1-11,13,15-17H2. The second-order valence-corrected chi connectivity index (χ2v) is 9.56. The second-order valence-electron chi connectivity index (χ2n) is 6.57. The van der Waals surface area contributed by atoms with Gasteiger partial charge in [0.05, 0.1) is 0 Å². The molecule has 0 spiro atoms. The molecule has 2 heteroatoms. The van der Waals surface area contributed by atoms with Crippen LogP contribution in [-0.4, -0.2) is 12.3 Å². The highest BCUT2D eigenvalue weighted by molar-refractivity contribution is 7.44. The quantitative estimate of drug-likeness (QED) is 0.357. The molecular formula is C19H34P2. The molecule has 2 aliphatic carbocycles. The van der Waals surface area contributed by atoms with Crippen molar-refractivity contribution in [3.05, 3.63) is 22.8 Å². The first-order valence-corrected chi connectivity index (χ1v) is 11.7. The van der Waals surface area contributed by atoms with Gasteiger partial charge < -0.3 is 0 Å². The van der Waals surface area contributed by atoms with Crippen LogP contribution in [0.3, 0.4) is 0 Å². The van der Waals surface area contributed by atoms with Crippen LogP contribution in [0, 0.1) is 0 Å². The Morgan fingerprint density at radius 3 is 1.62 bits per heavy atom. The minimum absolute atomic E-state index is 1.14. The molecule has 0 N–H and O–H groups in total. The summed E-state index contributed by atoms with van der Waals surface area (Å²) in [6.07, 6.45) is 26.7. The normalized spacial score (nSPS) is 22.7. The Bertz CT molecular complexity index is 298. The van der Waals surface area contributed by atoms with Gasteiger partial charge in [0.2, 0.25) is 0 Å². The third-order valence-electron chi connectivity index (χ3n) is 4.64. The van der Waals surface area contributed by atoms with Crippen molar-refractivity contribution in [3.8, 4) is 0 Å². The van der Waals surface area contributed by atoms with Gasteiger partial charge in [0, 0.05) is 0 Å². The van der Waals surface area contributed by atoms with Gasteiger partial charge in [-0.15, -0.1) is 0 Å². The molecule has 0 saturated carbocycles. The van der Waals surface area contributed by atoms with Crippen molar-refractivity contribution in [2.24, 2.45) is 0 Å². The zero-order valence-electron chi connectivity index (χ0n) is 13.8. The lowest BCUT2D eigenvalue weighted by Crippen LogP contribution is -1.90. The van der Waals surface area contributed by atoms with E-state index in [-0.39, 0.29) is 0 Å². The van der Waals surface area contributed by atoms with E-state index in [4.69, 9.17) is 0 Å². The number of allylic oxidation sites excluding steroid dienone is 4. The lowest BCUT2D eigenvalue weighted by atomic mass is 10.1. The van der Waals surface area contributed by atoms with E-state index in [0.29, 0.717) is 0 Å². The summed E-state index contributed by atoms with van der Waals surface area (Å²) in [6, 6.07) is 0. The van der Waals surface area contributed by atoms with Gasteiger partial charge in [0.1, 0.15) is 0 Å². The maximum Gasteiger partial charge on any atom is -0.0280 e. The molecule has 0 heterocycles. The predicted octanol–water partition coefficient (Wildman–Crippen LogP) is 7.21. The summed E-state index contributed by atoms with van der Waals surface area (Å²) in [5.41, 5.74) is 0. The lowest BCUT2D eigenvalue weighted by Gasteiger charge is -2.13. The molecule has 0 aliphatic heterocycles. The fourth-order valence-corrected chi connectivity index (χ4v) is 6.28. The average molecular weight is 324 g/mol. The Hall–Kier alpha value is 0.340. The lowest BCUT2D eigenvalue weighted by molar-refractivity contribution is 0.634. The zero-order valence-corrected chi connectivity index (χ0v) is 15.8. The van der Waals surface area contributed by atoms with Crippen molar-refractivity contribution in [1.82, 2.24) is 0 Å². The molecule has 0 aromatic carbocycles. The molecule has 0 nitrogen and oxygen atoms in total. The van der Waals surface area contributed by atoms with Crippen molar-refractivity contribution >= 4 is 17.2 Å². The van der Waals surface area contributed by atoms with E-state index in [1.54, 1.807) is 0 Å². The highest BCUT2D eigenvalue weighted by Gasteiger charge is 2.04. The third kappa shape index (κ3) is 8.52. The average Bonchev–Trinajstić information content (AvgIpc) is 2.42. The Kier molecular flexibility index (Phi) is 9.98. The van der Waals surface area contributed by atoms with E-state index < -0.39 is 0 Å². The van der Waals surface area contributed by atoms with Gasteiger partial charge in [-0.1, -0.05) is 65.6 Å². The Balaban J connectivity index is 1.56. The summed E-state index contributed by atoms with van der Waals surface area (Å²) < 4.78 is 0. The number of hydrogen-bond donors (Lipinski definition) is 0. The van der Waals surface area contributed by atoms with Crippen molar-refractivity contribution in [2.75, 3.05) is 12.3 Å². The summed E-state index contributed by atoms with van der Waals surface area (Å²) in [5.74, 6) is 0. The molecule has 21 heavy (non-hydrogen) atoms. The molecule has 0 aromatic heterocycles. The maximum absolute atomic E-state index is 2.58. The zero-order chi connectivity index (χ0) is 14.6. The summed E-state index contributed by atoms with van der Waals surface area (Å²) >= 11 is 0. The first-order chi connectivity index (χ1) is 10.4. The van der Waals surface area contributed by atoms with Crippen LogP contribution in [0.1, 0.15) is 83.5 Å². The van der Waals surface area contributed by atoms with Crippen LogP contribution in [0.5, 0.6) is 0 Å². The number of rotatable bonds is 6. The topological polar surface area (TPSA) is 0 Å². The summed E-state index contributed by atoms with van der Waals surface area (Å²) in [5, 5.41) is 3.62. The molecule has 0 radical (unpaired) electrons. The van der Waals surface area contributed by atoms with Gasteiger partial charge >= 0.3 is 0 Å². The van der Waals surface area contributed by atoms with Gasteiger partial charge in [0.15, 0.2) is 0 Å². The van der Waals surface area contributed by atoms with E-state index in [2.05, 4.69) is 12.2 Å². The molecular weight excluding hydrogens is 290 g/mol. The minimum atomic E-state index is 1.14. The van der Waals surface area contributed by atoms with Gasteiger partial charge in [0.25, 0.3) is 0 Å². The van der Waals surface area contributed by atoms with Crippen LogP contribution in [0.25, 0.3) is 0 Å². The fourth-order valence-electron chi connectivity index (χ4n) is 3.29. The van der Waals surface area contributed by atoms with Crippen molar-refractivity contribution in [2.45, 2.75) is 83.5 Å². The van der Waals surface area contributed by atoms with Crippen LogP contribution in [0.15, 0.2) is 22.8 Å². The summed E-state index contributed by atoms with van der Waals surface area (Å²) in [7, 11) is 2.27. The molecule has 2 unspecified atom stereocenters. The number of hydrogen-bond acceptors (Lipinski definition) is 0. The van der Waals surface area contributed by atoms with Crippen LogP contribution in [0.2, 0.25) is 0 Å². The smallest absolute Gasteiger partial charge is 0.0280 e. The minimum Gasteiger partial charge on any atom is -0.0952 e. The molecule has 0 bridgehead atoms. The van der Waals surface area contributed by atoms with E-state index >= 15 is 0 Å². The van der Waals surface area contributed by atoms with Crippen molar-refractivity contribution in [3.63, 3.8) is 0 Å². The van der Waals surface area contributed by atoms with Gasteiger partial charge in [-0.2, -0.15) is 0 Å².